The molecule has 0 radical (unpaired) electrons. The highest BCUT2D eigenvalue weighted by Gasteiger charge is 2.21. The Morgan fingerprint density at radius 1 is 1.22 bits per heavy atom. The van der Waals surface area contributed by atoms with Crippen molar-refractivity contribution in [2.24, 2.45) is 5.73 Å². The van der Waals surface area contributed by atoms with Crippen LogP contribution in [0.5, 0.6) is 0 Å². The van der Waals surface area contributed by atoms with E-state index in [1.165, 1.54) is 31.6 Å². The van der Waals surface area contributed by atoms with Crippen molar-refractivity contribution in [2.45, 2.75) is 25.8 Å². The lowest BCUT2D eigenvalue weighted by molar-refractivity contribution is 0.309. The molecule has 1 aromatic carbocycles. The largest absolute Gasteiger partial charge is 0.366 e. The van der Waals surface area contributed by atoms with Crippen LogP contribution in [0.1, 0.15) is 19.8 Å². The third-order valence-electron chi connectivity index (χ3n) is 3.81. The van der Waals surface area contributed by atoms with Crippen LogP contribution < -0.4 is 10.6 Å². The van der Waals surface area contributed by atoms with Gasteiger partial charge in [0.05, 0.1) is 6.04 Å². The molecule has 100 valence electrons. The number of likely N-dealkylation sites (tertiary alicyclic amines) is 1. The molecule has 1 unspecified atom stereocenters. The lowest BCUT2D eigenvalue weighted by atomic mass is 10.2. The number of benzene rings is 1. The summed E-state index contributed by atoms with van der Waals surface area (Å²) in [7, 11) is 0. The van der Waals surface area contributed by atoms with Crippen molar-refractivity contribution in [3.63, 3.8) is 0 Å². The summed E-state index contributed by atoms with van der Waals surface area (Å²) >= 11 is 0. The van der Waals surface area contributed by atoms with Crippen molar-refractivity contribution in [3.05, 3.63) is 30.3 Å². The summed E-state index contributed by atoms with van der Waals surface area (Å²) in [6, 6.07) is 11.0. The van der Waals surface area contributed by atoms with Crippen LogP contribution in [0.2, 0.25) is 0 Å². The number of nitrogens with two attached hydrogens (primary N) is 1. The normalized spacial score (nSPS) is 17.9. The van der Waals surface area contributed by atoms with Crippen LogP contribution in [-0.2, 0) is 0 Å². The zero-order valence-electron chi connectivity index (χ0n) is 11.4. The molecule has 0 aromatic heterocycles. The zero-order chi connectivity index (χ0) is 12.8. The fourth-order valence-electron chi connectivity index (χ4n) is 2.83. The maximum Gasteiger partial charge on any atom is 0.0539 e. The monoisotopic (exact) mass is 247 g/mol. The van der Waals surface area contributed by atoms with E-state index in [-0.39, 0.29) is 0 Å². The molecular formula is C15H25N3. The van der Waals surface area contributed by atoms with Crippen molar-refractivity contribution in [1.82, 2.24) is 4.90 Å². The molecule has 1 aromatic rings. The van der Waals surface area contributed by atoms with Gasteiger partial charge in [-0.25, -0.2) is 0 Å². The lowest BCUT2D eigenvalue weighted by Gasteiger charge is -2.34. The van der Waals surface area contributed by atoms with Gasteiger partial charge in [0.2, 0.25) is 0 Å². The molecule has 0 spiro atoms. The third kappa shape index (κ3) is 3.24. The highest BCUT2D eigenvalue weighted by molar-refractivity contribution is 5.47. The van der Waals surface area contributed by atoms with E-state index in [1.54, 1.807) is 0 Å². The number of anilines is 1. The van der Waals surface area contributed by atoms with Gasteiger partial charge >= 0.3 is 0 Å². The zero-order valence-corrected chi connectivity index (χ0v) is 11.4. The molecule has 1 fully saturated rings. The molecule has 0 bridgehead atoms. The Hall–Kier alpha value is -1.06. The van der Waals surface area contributed by atoms with E-state index in [1.807, 2.05) is 0 Å². The second kappa shape index (κ2) is 6.76. The van der Waals surface area contributed by atoms with Gasteiger partial charge in [-0.2, -0.15) is 0 Å². The molecule has 3 nitrogen and oxygen atoms in total. The Morgan fingerprint density at radius 2 is 1.89 bits per heavy atom. The van der Waals surface area contributed by atoms with E-state index in [9.17, 15) is 0 Å². The summed E-state index contributed by atoms with van der Waals surface area (Å²) in [5.41, 5.74) is 7.28. The maximum atomic E-state index is 6.00. The molecule has 2 rings (SSSR count). The Labute approximate surface area is 111 Å². The van der Waals surface area contributed by atoms with Crippen LogP contribution >= 0.6 is 0 Å². The summed E-state index contributed by atoms with van der Waals surface area (Å²) in [5, 5.41) is 0. The van der Waals surface area contributed by atoms with Gasteiger partial charge in [-0.3, -0.25) is 0 Å². The first-order valence-corrected chi connectivity index (χ1v) is 7.09. The Balaban J connectivity index is 2.03. The molecule has 1 aliphatic rings. The number of hydrogen-bond donors (Lipinski definition) is 1. The van der Waals surface area contributed by atoms with E-state index < -0.39 is 0 Å². The molecular weight excluding hydrogens is 222 g/mol. The molecule has 1 heterocycles. The summed E-state index contributed by atoms with van der Waals surface area (Å²) in [6.45, 7) is 7.52. The van der Waals surface area contributed by atoms with Crippen LogP contribution in [0.3, 0.4) is 0 Å². The number of hydrogen-bond acceptors (Lipinski definition) is 3. The van der Waals surface area contributed by atoms with Gasteiger partial charge in [-0.15, -0.1) is 0 Å². The fraction of sp³-hybridized carbons (Fsp3) is 0.600. The molecule has 3 heteroatoms. The molecule has 0 saturated carbocycles. The first kappa shape index (κ1) is 13.4. The number of para-hydroxylation sites is 1. The van der Waals surface area contributed by atoms with E-state index in [4.69, 9.17) is 5.73 Å². The van der Waals surface area contributed by atoms with Gasteiger partial charge in [0.25, 0.3) is 0 Å². The van der Waals surface area contributed by atoms with Crippen LogP contribution in [0.15, 0.2) is 30.3 Å². The van der Waals surface area contributed by atoms with E-state index >= 15 is 0 Å². The van der Waals surface area contributed by atoms with Gasteiger partial charge in [0.15, 0.2) is 0 Å². The van der Waals surface area contributed by atoms with Gasteiger partial charge < -0.3 is 15.5 Å². The molecule has 1 aliphatic heterocycles. The van der Waals surface area contributed by atoms with Crippen LogP contribution in [0.25, 0.3) is 0 Å². The molecule has 1 saturated heterocycles. The standard InChI is InChI=1S/C15H25N3/c1-2-18(14-8-4-3-5-9-14)15(12-16)13-17-10-6-7-11-17/h3-5,8-9,15H,2,6-7,10-13,16H2,1H3. The minimum absolute atomic E-state index is 0.426. The van der Waals surface area contributed by atoms with Crippen LogP contribution in [0, 0.1) is 0 Å². The van der Waals surface area contributed by atoms with E-state index in [0.717, 1.165) is 19.6 Å². The van der Waals surface area contributed by atoms with Crippen LogP contribution in [0.4, 0.5) is 5.69 Å². The van der Waals surface area contributed by atoms with E-state index in [0.29, 0.717) is 6.04 Å². The highest BCUT2D eigenvalue weighted by atomic mass is 15.2. The van der Waals surface area contributed by atoms with Crippen molar-refractivity contribution < 1.29 is 0 Å². The molecule has 0 amide bonds. The number of rotatable bonds is 6. The first-order chi connectivity index (χ1) is 8.85. The van der Waals surface area contributed by atoms with Crippen molar-refractivity contribution in [3.8, 4) is 0 Å². The van der Waals surface area contributed by atoms with Crippen LogP contribution in [-0.4, -0.2) is 43.7 Å². The quantitative estimate of drug-likeness (QED) is 0.834. The molecule has 1 atom stereocenters. The van der Waals surface area contributed by atoms with E-state index in [2.05, 4.69) is 47.1 Å². The average molecular weight is 247 g/mol. The summed E-state index contributed by atoms with van der Waals surface area (Å²) in [5.74, 6) is 0. The molecule has 18 heavy (non-hydrogen) atoms. The smallest absolute Gasteiger partial charge is 0.0539 e. The molecule has 2 N–H and O–H groups in total. The van der Waals surface area contributed by atoms with Crippen molar-refractivity contribution in [2.75, 3.05) is 37.6 Å². The highest BCUT2D eigenvalue weighted by Crippen LogP contribution is 2.18. The van der Waals surface area contributed by atoms with Gasteiger partial charge in [0.1, 0.15) is 0 Å². The Morgan fingerprint density at radius 3 is 2.44 bits per heavy atom. The topological polar surface area (TPSA) is 32.5 Å². The minimum atomic E-state index is 0.426. The minimum Gasteiger partial charge on any atom is -0.366 e. The maximum absolute atomic E-state index is 6.00. The van der Waals surface area contributed by atoms with Crippen molar-refractivity contribution in [1.29, 1.82) is 0 Å². The molecule has 0 aliphatic carbocycles. The van der Waals surface area contributed by atoms with Crippen molar-refractivity contribution >= 4 is 5.69 Å². The van der Waals surface area contributed by atoms with Gasteiger partial charge in [-0.05, 0) is 45.0 Å². The Kier molecular flexibility index (Phi) is 5.02. The van der Waals surface area contributed by atoms with Gasteiger partial charge in [0, 0.05) is 25.3 Å². The lowest BCUT2D eigenvalue weighted by Crippen LogP contribution is -2.47. The number of likely N-dealkylation sites (N-methyl/N-ethyl adjacent to an activating group) is 1. The predicted octanol–water partition coefficient (Wildman–Crippen LogP) is 1.94. The Bertz CT molecular complexity index is 333. The number of nitrogens with zero attached hydrogens (tertiary/aromatic N) is 2. The summed E-state index contributed by atoms with van der Waals surface area (Å²) in [4.78, 5) is 4.97. The third-order valence-corrected chi connectivity index (χ3v) is 3.81. The summed E-state index contributed by atoms with van der Waals surface area (Å²) in [6.07, 6.45) is 2.68. The first-order valence-electron chi connectivity index (χ1n) is 7.09. The second-order valence-corrected chi connectivity index (χ2v) is 5.02. The average Bonchev–Trinajstić information content (AvgIpc) is 2.92. The summed E-state index contributed by atoms with van der Waals surface area (Å²) < 4.78 is 0. The van der Waals surface area contributed by atoms with Gasteiger partial charge in [-0.1, -0.05) is 18.2 Å². The fourth-order valence-corrected chi connectivity index (χ4v) is 2.83. The second-order valence-electron chi connectivity index (χ2n) is 5.02. The SMILES string of the molecule is CCN(c1ccccc1)C(CN)CN1CCCC1. The predicted molar refractivity (Wildman–Crippen MR) is 78.0 cm³/mol.